The lowest BCUT2D eigenvalue weighted by Gasteiger charge is -2.35. The van der Waals surface area contributed by atoms with Crippen molar-refractivity contribution in [3.05, 3.63) is 59.9 Å². The zero-order valence-corrected chi connectivity index (χ0v) is 18.4. The number of ether oxygens (including phenoxy) is 1. The van der Waals surface area contributed by atoms with E-state index in [4.69, 9.17) is 4.74 Å². The van der Waals surface area contributed by atoms with Gasteiger partial charge >= 0.3 is 0 Å². The second-order valence-electron chi connectivity index (χ2n) is 8.74. The number of nitriles is 1. The molecule has 0 aliphatic carbocycles. The molecule has 1 aromatic carbocycles. The predicted molar refractivity (Wildman–Crippen MR) is 122 cm³/mol. The molecule has 5 rings (SSSR count). The summed E-state index contributed by atoms with van der Waals surface area (Å²) in [5.41, 5.74) is 4.94. The molecule has 7 heteroatoms. The van der Waals surface area contributed by atoms with Gasteiger partial charge in [-0.15, -0.1) is 10.2 Å². The second-order valence-corrected chi connectivity index (χ2v) is 8.74. The fraction of sp³-hybridized carbons (Fsp3) is 0.440. The van der Waals surface area contributed by atoms with Crippen LogP contribution in [0.3, 0.4) is 0 Å². The van der Waals surface area contributed by atoms with E-state index in [0.717, 1.165) is 73.6 Å². The predicted octanol–water partition coefficient (Wildman–Crippen LogP) is 4.37. The van der Waals surface area contributed by atoms with Crippen LogP contribution < -0.4 is 4.90 Å². The maximum atomic E-state index is 9.88. The molecule has 1 atom stereocenters. The highest BCUT2D eigenvalue weighted by Crippen LogP contribution is 2.38. The Morgan fingerprint density at radius 1 is 1.12 bits per heavy atom. The van der Waals surface area contributed by atoms with E-state index in [0.29, 0.717) is 11.5 Å². The SMILES string of the molecule is Cn1cnnc1C1CCN(c2c(C#N)cccc2-c2cncc(C3CCCCO3)c2)CC1. The van der Waals surface area contributed by atoms with E-state index >= 15 is 0 Å². The number of hydrogen-bond acceptors (Lipinski definition) is 6. The van der Waals surface area contributed by atoms with Crippen LogP contribution in [-0.4, -0.2) is 39.4 Å². The third-order valence-corrected chi connectivity index (χ3v) is 6.70. The van der Waals surface area contributed by atoms with Gasteiger partial charge in [0.05, 0.1) is 17.4 Å². The first-order valence-corrected chi connectivity index (χ1v) is 11.4. The third-order valence-electron chi connectivity index (χ3n) is 6.70. The van der Waals surface area contributed by atoms with Crippen LogP contribution in [0.25, 0.3) is 11.1 Å². The molecule has 1 unspecified atom stereocenters. The molecule has 0 radical (unpaired) electrons. The fourth-order valence-corrected chi connectivity index (χ4v) is 5.02. The van der Waals surface area contributed by atoms with E-state index in [-0.39, 0.29) is 6.10 Å². The standard InChI is InChI=1S/C25H28N6O/c1-30-17-28-29-25(30)18-8-10-31(11-9-18)24-19(14-26)5-4-6-22(24)20-13-21(16-27-15-20)23-7-2-3-12-32-23/h4-6,13,15-18,23H,2-3,7-12H2,1H3. The Morgan fingerprint density at radius 3 is 2.72 bits per heavy atom. The lowest BCUT2D eigenvalue weighted by atomic mass is 9.92. The van der Waals surface area contributed by atoms with Crippen LogP contribution in [0.1, 0.15) is 61.1 Å². The van der Waals surface area contributed by atoms with Gasteiger partial charge in [-0.2, -0.15) is 5.26 Å². The lowest BCUT2D eigenvalue weighted by molar-refractivity contribution is 0.0148. The van der Waals surface area contributed by atoms with Crippen LogP contribution in [-0.2, 0) is 11.8 Å². The smallest absolute Gasteiger partial charge is 0.135 e. The Bertz CT molecular complexity index is 1120. The molecule has 0 bridgehead atoms. The van der Waals surface area contributed by atoms with E-state index in [1.165, 1.54) is 6.42 Å². The Labute approximate surface area is 188 Å². The molecule has 164 valence electrons. The molecule has 2 aromatic heterocycles. The summed E-state index contributed by atoms with van der Waals surface area (Å²) in [5, 5.41) is 18.2. The number of aromatic nitrogens is 4. The average Bonchev–Trinajstić information content (AvgIpc) is 3.30. The summed E-state index contributed by atoms with van der Waals surface area (Å²) in [4.78, 5) is 6.89. The topological polar surface area (TPSA) is 79.9 Å². The van der Waals surface area contributed by atoms with Crippen molar-refractivity contribution in [2.45, 2.75) is 44.1 Å². The minimum Gasteiger partial charge on any atom is -0.373 e. The summed E-state index contributed by atoms with van der Waals surface area (Å²) in [7, 11) is 2.00. The summed E-state index contributed by atoms with van der Waals surface area (Å²) in [5.74, 6) is 1.44. The van der Waals surface area contributed by atoms with Crippen LogP contribution in [0, 0.1) is 11.3 Å². The Morgan fingerprint density at radius 2 is 2.00 bits per heavy atom. The molecule has 2 aliphatic heterocycles. The largest absolute Gasteiger partial charge is 0.373 e. The summed E-state index contributed by atoms with van der Waals surface area (Å²) >= 11 is 0. The summed E-state index contributed by atoms with van der Waals surface area (Å²) in [6.07, 6.45) is 11.0. The average molecular weight is 429 g/mol. The van der Waals surface area contributed by atoms with Crippen molar-refractivity contribution in [2.24, 2.45) is 7.05 Å². The van der Waals surface area contributed by atoms with E-state index in [1.54, 1.807) is 6.33 Å². The number of para-hydroxylation sites is 1. The number of pyridine rings is 1. The van der Waals surface area contributed by atoms with Crippen molar-refractivity contribution in [3.63, 3.8) is 0 Å². The molecule has 0 saturated carbocycles. The first kappa shape index (κ1) is 20.7. The van der Waals surface area contributed by atoms with Gasteiger partial charge in [0.1, 0.15) is 18.2 Å². The van der Waals surface area contributed by atoms with Gasteiger partial charge < -0.3 is 14.2 Å². The number of nitrogens with zero attached hydrogens (tertiary/aromatic N) is 6. The number of aryl methyl sites for hydroxylation is 1. The maximum Gasteiger partial charge on any atom is 0.135 e. The van der Waals surface area contributed by atoms with Crippen molar-refractivity contribution < 1.29 is 4.74 Å². The van der Waals surface area contributed by atoms with Crippen LogP contribution in [0.2, 0.25) is 0 Å². The van der Waals surface area contributed by atoms with Gasteiger partial charge in [0, 0.05) is 56.2 Å². The molecule has 0 spiro atoms. The van der Waals surface area contributed by atoms with Gasteiger partial charge in [-0.3, -0.25) is 4.98 Å². The molecular formula is C25H28N6O. The Kier molecular flexibility index (Phi) is 5.87. The summed E-state index contributed by atoms with van der Waals surface area (Å²) < 4.78 is 8.00. The van der Waals surface area contributed by atoms with Crippen LogP contribution in [0.4, 0.5) is 5.69 Å². The highest BCUT2D eigenvalue weighted by Gasteiger charge is 2.27. The Hall–Kier alpha value is -3.24. The molecule has 32 heavy (non-hydrogen) atoms. The van der Waals surface area contributed by atoms with E-state index in [1.807, 2.05) is 36.1 Å². The van der Waals surface area contributed by atoms with Crippen molar-refractivity contribution in [2.75, 3.05) is 24.6 Å². The minimum atomic E-state index is 0.112. The molecule has 7 nitrogen and oxygen atoms in total. The first-order valence-electron chi connectivity index (χ1n) is 11.4. The zero-order chi connectivity index (χ0) is 21.9. The monoisotopic (exact) mass is 428 g/mol. The number of anilines is 1. The molecule has 0 amide bonds. The number of benzene rings is 1. The van der Waals surface area contributed by atoms with Gasteiger partial charge in [0.25, 0.3) is 0 Å². The quantitative estimate of drug-likeness (QED) is 0.614. The number of rotatable bonds is 4. The maximum absolute atomic E-state index is 9.88. The van der Waals surface area contributed by atoms with Crippen molar-refractivity contribution >= 4 is 5.69 Å². The van der Waals surface area contributed by atoms with Crippen LogP contribution >= 0.6 is 0 Å². The normalized spacial score (nSPS) is 19.6. The highest BCUT2D eigenvalue weighted by atomic mass is 16.5. The molecule has 2 fully saturated rings. The summed E-state index contributed by atoms with van der Waals surface area (Å²) in [6.45, 7) is 2.56. The van der Waals surface area contributed by atoms with E-state index in [9.17, 15) is 5.26 Å². The molecule has 0 N–H and O–H groups in total. The van der Waals surface area contributed by atoms with Gasteiger partial charge in [-0.25, -0.2) is 0 Å². The second kappa shape index (κ2) is 9.09. The first-order chi connectivity index (χ1) is 15.7. The van der Waals surface area contributed by atoms with Crippen molar-refractivity contribution in [1.29, 1.82) is 5.26 Å². The molecule has 2 aliphatic rings. The molecule has 4 heterocycles. The van der Waals surface area contributed by atoms with E-state index in [2.05, 4.69) is 38.3 Å². The Balaban J connectivity index is 1.44. The fourth-order valence-electron chi connectivity index (χ4n) is 5.02. The van der Waals surface area contributed by atoms with Crippen molar-refractivity contribution in [1.82, 2.24) is 19.7 Å². The minimum absolute atomic E-state index is 0.112. The molecular weight excluding hydrogens is 400 g/mol. The number of piperidine rings is 1. The van der Waals surface area contributed by atoms with Gasteiger partial charge in [-0.05, 0) is 49.8 Å². The molecule has 3 aromatic rings. The van der Waals surface area contributed by atoms with Crippen molar-refractivity contribution in [3.8, 4) is 17.2 Å². The number of hydrogen-bond donors (Lipinski definition) is 0. The lowest BCUT2D eigenvalue weighted by Crippen LogP contribution is -2.34. The van der Waals surface area contributed by atoms with Gasteiger partial charge in [0.15, 0.2) is 0 Å². The molecule has 2 saturated heterocycles. The van der Waals surface area contributed by atoms with E-state index < -0.39 is 0 Å². The van der Waals surface area contributed by atoms with Crippen LogP contribution in [0.15, 0.2) is 43.0 Å². The van der Waals surface area contributed by atoms with Gasteiger partial charge in [0.2, 0.25) is 0 Å². The highest BCUT2D eigenvalue weighted by molar-refractivity contribution is 5.83. The van der Waals surface area contributed by atoms with Gasteiger partial charge in [-0.1, -0.05) is 12.1 Å². The zero-order valence-electron chi connectivity index (χ0n) is 18.4. The third kappa shape index (κ3) is 3.98. The van der Waals surface area contributed by atoms with Crippen LogP contribution in [0.5, 0.6) is 0 Å². The summed E-state index contributed by atoms with van der Waals surface area (Å²) in [6, 6.07) is 10.6.